The van der Waals surface area contributed by atoms with E-state index < -0.39 is 0 Å². The van der Waals surface area contributed by atoms with Crippen LogP contribution in [0.5, 0.6) is 0 Å². The van der Waals surface area contributed by atoms with E-state index in [-0.39, 0.29) is 19.5 Å². The fourth-order valence-corrected chi connectivity index (χ4v) is 0. The molecule has 0 saturated heterocycles. The van der Waals surface area contributed by atoms with Crippen molar-refractivity contribution in [2.24, 2.45) is 0 Å². The molecule has 0 amide bonds. The Morgan fingerprint density at radius 1 is 0.800 bits per heavy atom. The van der Waals surface area contributed by atoms with E-state index in [4.69, 9.17) is 0 Å². The molecule has 0 heterocycles. The quantitative estimate of drug-likeness (QED) is 0.364. The van der Waals surface area contributed by atoms with Gasteiger partial charge in [-0.25, -0.2) is 0 Å². The maximum Gasteiger partial charge on any atom is 2.00 e. The third-order valence-electron chi connectivity index (χ3n) is 0. The van der Waals surface area contributed by atoms with Crippen LogP contribution in [0.25, 0.3) is 0 Å². The first-order chi connectivity index (χ1) is 2.00. The van der Waals surface area contributed by atoms with Gasteiger partial charge in [0.1, 0.15) is 0 Å². The summed E-state index contributed by atoms with van der Waals surface area (Å²) >= 11 is 0. The first kappa shape index (κ1) is 19.4. The normalized spacial score (nSPS) is 1.60. The molecule has 0 atom stereocenters. The molecule has 0 unspecified atom stereocenters. The average Bonchev–Trinajstić information content (AvgIpc) is 1.50. The number of hydrogen-bond donors (Lipinski definition) is 0. The molecular weight excluding hydrogens is 149 g/mol. The van der Waals surface area contributed by atoms with Crippen molar-refractivity contribution in [3.8, 4) is 0 Å². The average molecular weight is 155 g/mol. The second-order valence-corrected chi connectivity index (χ2v) is 0. The zero-order chi connectivity index (χ0) is 4.00. The molecule has 0 radical (unpaired) electrons. The molecule has 0 aliphatic rings. The Balaban J connectivity index is -0.0000000133. The van der Waals surface area contributed by atoms with Crippen LogP contribution in [0.2, 0.25) is 0 Å². The Hall–Kier alpha value is 0.103. The zero-order valence-electron chi connectivity index (χ0n) is 2.92. The Bertz CT molecular complexity index is 5.61. The first-order valence-electron chi connectivity index (χ1n) is 0.816. The van der Waals surface area contributed by atoms with Crippen LogP contribution >= 0.6 is 0 Å². The summed E-state index contributed by atoms with van der Waals surface area (Å²) in [4.78, 5) is 0. The summed E-state index contributed by atoms with van der Waals surface area (Å²) in [6.07, 6.45) is 0. The van der Waals surface area contributed by atoms with Gasteiger partial charge in [0.15, 0.2) is 0 Å². The molecule has 0 saturated carbocycles. The predicted molar refractivity (Wildman–Crippen MR) is 19.9 cm³/mol. The van der Waals surface area contributed by atoms with Crippen molar-refractivity contribution in [1.82, 2.24) is 0 Å². The van der Waals surface area contributed by atoms with Crippen LogP contribution in [0.3, 0.4) is 0 Å². The standard InChI is InChI=1S/2C2H3.Ru/c2*1-2;/h2*1H,2H2;/q2*-1;+2. The van der Waals surface area contributed by atoms with Crippen LogP contribution in [0.1, 0.15) is 0 Å². The molecule has 0 spiro atoms. The van der Waals surface area contributed by atoms with Crippen molar-refractivity contribution in [3.05, 3.63) is 26.3 Å². The summed E-state index contributed by atoms with van der Waals surface area (Å²) in [6.45, 7) is 14.0. The second kappa shape index (κ2) is 3700. The Labute approximate surface area is 46.3 Å². The van der Waals surface area contributed by atoms with Crippen LogP contribution in [0, 0.1) is 13.2 Å². The van der Waals surface area contributed by atoms with Crippen molar-refractivity contribution >= 4 is 0 Å². The predicted octanol–water partition coefficient (Wildman–Crippen LogP) is 1.21. The van der Waals surface area contributed by atoms with Gasteiger partial charge >= 0.3 is 19.5 Å². The van der Waals surface area contributed by atoms with Crippen molar-refractivity contribution in [2.75, 3.05) is 0 Å². The van der Waals surface area contributed by atoms with Crippen LogP contribution in [-0.4, -0.2) is 0 Å². The van der Waals surface area contributed by atoms with E-state index in [1.165, 1.54) is 0 Å². The molecule has 1 heteroatoms. The van der Waals surface area contributed by atoms with Gasteiger partial charge in [-0.2, -0.15) is 0 Å². The SMILES string of the molecule is [CH-]=C.[CH-]=C.[Ru+2]. The molecule has 0 aromatic rings. The number of hydrogen-bond acceptors (Lipinski definition) is 0. The molecule has 5 heavy (non-hydrogen) atoms. The Morgan fingerprint density at radius 2 is 0.800 bits per heavy atom. The maximum atomic E-state index is 4.25. The minimum absolute atomic E-state index is 0. The summed E-state index contributed by atoms with van der Waals surface area (Å²) in [6, 6.07) is 0. The molecular formula is C4H6Ru. The van der Waals surface area contributed by atoms with E-state index in [0.29, 0.717) is 0 Å². The van der Waals surface area contributed by atoms with Gasteiger partial charge in [0.05, 0.1) is 0 Å². The Morgan fingerprint density at radius 3 is 0.800 bits per heavy atom. The van der Waals surface area contributed by atoms with Crippen LogP contribution in [0.4, 0.5) is 0 Å². The van der Waals surface area contributed by atoms with Gasteiger partial charge in [0, 0.05) is 0 Å². The van der Waals surface area contributed by atoms with Crippen molar-refractivity contribution in [1.29, 1.82) is 0 Å². The van der Waals surface area contributed by atoms with Crippen LogP contribution in [0.15, 0.2) is 13.2 Å². The topological polar surface area (TPSA) is 0 Å². The molecule has 0 nitrogen and oxygen atoms in total. The molecule has 0 aromatic carbocycles. The number of rotatable bonds is 0. The first-order valence-corrected chi connectivity index (χ1v) is 0.816. The van der Waals surface area contributed by atoms with Gasteiger partial charge in [-0.3, -0.25) is 13.2 Å². The van der Waals surface area contributed by atoms with Gasteiger partial charge in [0.25, 0.3) is 0 Å². The van der Waals surface area contributed by atoms with Gasteiger partial charge < -0.3 is 13.2 Å². The van der Waals surface area contributed by atoms with Crippen molar-refractivity contribution in [2.45, 2.75) is 0 Å². The van der Waals surface area contributed by atoms with Crippen molar-refractivity contribution < 1.29 is 19.5 Å². The van der Waals surface area contributed by atoms with Crippen molar-refractivity contribution in [3.63, 3.8) is 0 Å². The van der Waals surface area contributed by atoms with Crippen LogP contribution in [-0.2, 0) is 19.5 Å². The minimum Gasteiger partial charge on any atom is -0.521 e. The molecule has 0 bridgehead atoms. The third kappa shape index (κ3) is 1700. The summed E-state index contributed by atoms with van der Waals surface area (Å²) < 4.78 is 0. The monoisotopic (exact) mass is 156 g/mol. The van der Waals surface area contributed by atoms with E-state index in [2.05, 4.69) is 26.3 Å². The van der Waals surface area contributed by atoms with E-state index in [9.17, 15) is 0 Å². The fraction of sp³-hybridized carbons (Fsp3) is 0. The van der Waals surface area contributed by atoms with Gasteiger partial charge in [0.2, 0.25) is 0 Å². The molecule has 0 rings (SSSR count). The molecule has 0 N–H and O–H groups in total. The largest absolute Gasteiger partial charge is 2.00 e. The van der Waals surface area contributed by atoms with E-state index in [1.807, 2.05) is 0 Å². The molecule has 0 aromatic heterocycles. The minimum atomic E-state index is 0. The summed E-state index contributed by atoms with van der Waals surface area (Å²) in [5, 5.41) is 0. The van der Waals surface area contributed by atoms with Gasteiger partial charge in [-0.1, -0.05) is 0 Å². The Kier molecular flexibility index (Phi) is 14400. The summed E-state index contributed by atoms with van der Waals surface area (Å²) in [5.74, 6) is 0. The smallest absolute Gasteiger partial charge is 0.521 e. The van der Waals surface area contributed by atoms with E-state index >= 15 is 0 Å². The van der Waals surface area contributed by atoms with Crippen LogP contribution < -0.4 is 0 Å². The molecule has 0 fully saturated rings. The van der Waals surface area contributed by atoms with E-state index in [1.54, 1.807) is 0 Å². The third-order valence-corrected chi connectivity index (χ3v) is 0. The zero-order valence-corrected chi connectivity index (χ0v) is 4.66. The molecule has 30 valence electrons. The molecule has 0 aliphatic heterocycles. The summed E-state index contributed by atoms with van der Waals surface area (Å²) in [5.41, 5.74) is 0. The maximum absolute atomic E-state index is 4.25. The second-order valence-electron chi connectivity index (χ2n) is 0. The van der Waals surface area contributed by atoms with Gasteiger partial charge in [-0.15, -0.1) is 0 Å². The molecule has 0 aliphatic carbocycles. The van der Waals surface area contributed by atoms with E-state index in [0.717, 1.165) is 0 Å². The summed E-state index contributed by atoms with van der Waals surface area (Å²) in [7, 11) is 0. The fourth-order valence-electron chi connectivity index (χ4n) is 0. The van der Waals surface area contributed by atoms with Gasteiger partial charge in [-0.05, 0) is 0 Å².